The van der Waals surface area contributed by atoms with E-state index in [1.54, 1.807) is 12.1 Å². The van der Waals surface area contributed by atoms with Gasteiger partial charge >= 0.3 is 0 Å². The zero-order valence-corrected chi connectivity index (χ0v) is 13.8. The molecule has 24 heavy (non-hydrogen) atoms. The maximum absolute atomic E-state index is 12.9. The molecule has 1 aliphatic heterocycles. The summed E-state index contributed by atoms with van der Waals surface area (Å²) in [6, 6.07) is 14.6. The fourth-order valence-electron chi connectivity index (χ4n) is 3.12. The molecule has 0 atom stereocenters. The summed E-state index contributed by atoms with van der Waals surface area (Å²) in [5.74, 6) is -0.225. The molecule has 1 aliphatic rings. The maximum Gasteiger partial charge on any atom is 0.220 e. The first-order valence-corrected chi connectivity index (χ1v) is 8.56. The first-order chi connectivity index (χ1) is 11.7. The molecule has 0 aromatic heterocycles. The molecule has 0 spiro atoms. The third kappa shape index (κ3) is 4.34. The summed E-state index contributed by atoms with van der Waals surface area (Å²) >= 11 is 0. The Labute approximate surface area is 142 Å². The number of nitrogens with zero attached hydrogens (tertiary/aromatic N) is 1. The van der Waals surface area contributed by atoms with E-state index in [-0.39, 0.29) is 11.7 Å². The molecule has 0 aliphatic carbocycles. The second kappa shape index (κ2) is 7.95. The summed E-state index contributed by atoms with van der Waals surface area (Å²) in [7, 11) is 0. The number of halogens is 1. The summed E-state index contributed by atoms with van der Waals surface area (Å²) in [5, 5.41) is 3.00. The van der Waals surface area contributed by atoms with E-state index in [9.17, 15) is 9.18 Å². The lowest BCUT2D eigenvalue weighted by Gasteiger charge is -2.21. The quantitative estimate of drug-likeness (QED) is 0.878. The zero-order chi connectivity index (χ0) is 16.8. The maximum atomic E-state index is 12.9. The first-order valence-electron chi connectivity index (χ1n) is 8.56. The fourth-order valence-corrected chi connectivity index (χ4v) is 3.12. The number of anilines is 1. The van der Waals surface area contributed by atoms with Gasteiger partial charge in [-0.05, 0) is 48.6 Å². The molecular formula is C20H23FN2O. The van der Waals surface area contributed by atoms with E-state index in [1.165, 1.54) is 30.7 Å². The summed E-state index contributed by atoms with van der Waals surface area (Å²) < 4.78 is 12.9. The molecule has 0 bridgehead atoms. The Hall–Kier alpha value is -2.36. The Morgan fingerprint density at radius 2 is 1.75 bits per heavy atom. The van der Waals surface area contributed by atoms with Gasteiger partial charge in [-0.25, -0.2) is 4.39 Å². The highest BCUT2D eigenvalue weighted by Crippen LogP contribution is 2.24. The highest BCUT2D eigenvalue weighted by molar-refractivity contribution is 5.76. The van der Waals surface area contributed by atoms with Gasteiger partial charge in [0.1, 0.15) is 5.82 Å². The van der Waals surface area contributed by atoms with Crippen LogP contribution >= 0.6 is 0 Å². The van der Waals surface area contributed by atoms with Crippen LogP contribution in [0.4, 0.5) is 10.1 Å². The van der Waals surface area contributed by atoms with Crippen molar-refractivity contribution in [3.05, 3.63) is 65.5 Å². The molecular weight excluding hydrogens is 303 g/mol. The number of rotatable bonds is 6. The average molecular weight is 326 g/mol. The average Bonchev–Trinajstić information content (AvgIpc) is 3.14. The van der Waals surface area contributed by atoms with Gasteiger partial charge < -0.3 is 10.2 Å². The van der Waals surface area contributed by atoms with Gasteiger partial charge in [-0.2, -0.15) is 0 Å². The minimum absolute atomic E-state index is 0.0237. The van der Waals surface area contributed by atoms with Crippen LogP contribution in [0.1, 0.15) is 30.4 Å². The van der Waals surface area contributed by atoms with Crippen molar-refractivity contribution in [2.45, 2.75) is 32.2 Å². The number of hydrogen-bond acceptors (Lipinski definition) is 2. The van der Waals surface area contributed by atoms with Gasteiger partial charge in [0, 0.05) is 31.7 Å². The van der Waals surface area contributed by atoms with Crippen molar-refractivity contribution in [3.8, 4) is 0 Å². The fraction of sp³-hybridized carbons (Fsp3) is 0.350. The van der Waals surface area contributed by atoms with Crippen LogP contribution in [0.15, 0.2) is 48.5 Å². The predicted molar refractivity (Wildman–Crippen MR) is 94.5 cm³/mol. The van der Waals surface area contributed by atoms with Crippen molar-refractivity contribution in [2.75, 3.05) is 18.0 Å². The van der Waals surface area contributed by atoms with Crippen LogP contribution in [0.3, 0.4) is 0 Å². The van der Waals surface area contributed by atoms with E-state index in [4.69, 9.17) is 0 Å². The Morgan fingerprint density at radius 1 is 1.04 bits per heavy atom. The van der Waals surface area contributed by atoms with Gasteiger partial charge in [-0.1, -0.05) is 30.3 Å². The number of hydrogen-bond donors (Lipinski definition) is 1. The minimum Gasteiger partial charge on any atom is -0.371 e. The second-order valence-electron chi connectivity index (χ2n) is 6.23. The van der Waals surface area contributed by atoms with Crippen molar-refractivity contribution in [1.82, 2.24) is 5.32 Å². The van der Waals surface area contributed by atoms with E-state index >= 15 is 0 Å². The number of aryl methyl sites for hydroxylation is 1. The highest BCUT2D eigenvalue weighted by atomic mass is 19.1. The summed E-state index contributed by atoms with van der Waals surface area (Å²) in [6.07, 6.45) is 3.51. The van der Waals surface area contributed by atoms with Gasteiger partial charge in [-0.15, -0.1) is 0 Å². The van der Waals surface area contributed by atoms with Gasteiger partial charge in [0.25, 0.3) is 0 Å². The highest BCUT2D eigenvalue weighted by Gasteiger charge is 2.15. The van der Waals surface area contributed by atoms with Crippen LogP contribution in [0.5, 0.6) is 0 Å². The van der Waals surface area contributed by atoms with Crippen LogP contribution in [0.25, 0.3) is 0 Å². The summed E-state index contributed by atoms with van der Waals surface area (Å²) in [5.41, 5.74) is 3.37. The monoisotopic (exact) mass is 326 g/mol. The van der Waals surface area contributed by atoms with Crippen LogP contribution in [0, 0.1) is 5.82 Å². The smallest absolute Gasteiger partial charge is 0.220 e. The lowest BCUT2D eigenvalue weighted by atomic mass is 10.1. The normalized spacial score (nSPS) is 14.0. The van der Waals surface area contributed by atoms with Crippen LogP contribution in [0.2, 0.25) is 0 Å². The summed E-state index contributed by atoms with van der Waals surface area (Å²) in [6.45, 7) is 2.74. The number of carbonyl (C=O) groups excluding carboxylic acids is 1. The zero-order valence-electron chi connectivity index (χ0n) is 13.8. The molecule has 0 radical (unpaired) electrons. The third-order valence-corrected chi connectivity index (χ3v) is 4.47. The number of para-hydroxylation sites is 1. The van der Waals surface area contributed by atoms with Gasteiger partial charge in [0.2, 0.25) is 5.91 Å². The summed E-state index contributed by atoms with van der Waals surface area (Å²) in [4.78, 5) is 14.5. The minimum atomic E-state index is -0.248. The number of benzene rings is 2. The van der Waals surface area contributed by atoms with E-state index in [1.807, 2.05) is 12.1 Å². The SMILES string of the molecule is O=C(CCc1ccc(F)cc1)NCc1ccccc1N1CCCC1. The molecule has 2 aromatic carbocycles. The van der Waals surface area contributed by atoms with Crippen LogP contribution < -0.4 is 10.2 Å². The standard InChI is InChI=1S/C20H23FN2O/c21-18-10-7-16(8-11-18)9-12-20(24)22-15-17-5-1-2-6-19(17)23-13-3-4-14-23/h1-2,5-8,10-11H,3-4,9,12-15H2,(H,22,24). The molecule has 0 saturated carbocycles. The van der Waals surface area contributed by atoms with Crippen LogP contribution in [-0.4, -0.2) is 19.0 Å². The molecule has 1 fully saturated rings. The molecule has 1 N–H and O–H groups in total. The topological polar surface area (TPSA) is 32.3 Å². The van der Waals surface area contributed by atoms with Gasteiger partial charge in [0.15, 0.2) is 0 Å². The van der Waals surface area contributed by atoms with Crippen molar-refractivity contribution >= 4 is 11.6 Å². The van der Waals surface area contributed by atoms with E-state index in [0.29, 0.717) is 19.4 Å². The van der Waals surface area contributed by atoms with Crippen molar-refractivity contribution in [1.29, 1.82) is 0 Å². The molecule has 126 valence electrons. The van der Waals surface area contributed by atoms with Crippen molar-refractivity contribution < 1.29 is 9.18 Å². The van der Waals surface area contributed by atoms with Gasteiger partial charge in [-0.3, -0.25) is 4.79 Å². The lowest BCUT2D eigenvalue weighted by molar-refractivity contribution is -0.121. The Balaban J connectivity index is 1.52. The van der Waals surface area contributed by atoms with Crippen molar-refractivity contribution in [3.63, 3.8) is 0 Å². The number of nitrogens with one attached hydrogen (secondary N) is 1. The van der Waals surface area contributed by atoms with Crippen LogP contribution in [-0.2, 0) is 17.8 Å². The molecule has 2 aromatic rings. The predicted octanol–water partition coefficient (Wildman–Crippen LogP) is 3.67. The first kappa shape index (κ1) is 16.5. The molecule has 1 saturated heterocycles. The molecule has 3 nitrogen and oxygen atoms in total. The third-order valence-electron chi connectivity index (χ3n) is 4.47. The Kier molecular flexibility index (Phi) is 5.47. The molecule has 4 heteroatoms. The second-order valence-corrected chi connectivity index (χ2v) is 6.23. The lowest BCUT2D eigenvalue weighted by Crippen LogP contribution is -2.25. The Bertz CT molecular complexity index is 678. The molecule has 3 rings (SSSR count). The number of amides is 1. The van der Waals surface area contributed by atoms with Crippen molar-refractivity contribution in [2.24, 2.45) is 0 Å². The number of carbonyl (C=O) groups is 1. The van der Waals surface area contributed by atoms with E-state index < -0.39 is 0 Å². The van der Waals surface area contributed by atoms with E-state index in [0.717, 1.165) is 24.2 Å². The Morgan fingerprint density at radius 3 is 2.50 bits per heavy atom. The molecule has 0 unspecified atom stereocenters. The molecule has 1 heterocycles. The largest absolute Gasteiger partial charge is 0.371 e. The molecule has 1 amide bonds. The van der Waals surface area contributed by atoms with Gasteiger partial charge in [0.05, 0.1) is 0 Å². The van der Waals surface area contributed by atoms with E-state index in [2.05, 4.69) is 22.3 Å².